The third kappa shape index (κ3) is 4.70. The van der Waals surface area contributed by atoms with Crippen LogP contribution < -0.4 is 4.74 Å². The first-order valence-electron chi connectivity index (χ1n) is 11.5. The van der Waals surface area contributed by atoms with Crippen molar-refractivity contribution in [2.75, 3.05) is 12.9 Å². The van der Waals surface area contributed by atoms with Crippen LogP contribution in [-0.4, -0.2) is 54.3 Å². The average molecular weight is 528 g/mol. The lowest BCUT2D eigenvalue weighted by atomic mass is 10.0. The van der Waals surface area contributed by atoms with Crippen molar-refractivity contribution in [2.45, 2.75) is 17.5 Å². The van der Waals surface area contributed by atoms with E-state index in [-0.39, 0.29) is 17.7 Å². The molecular weight excluding hydrogens is 506 g/mol. The van der Waals surface area contributed by atoms with Gasteiger partial charge in [0.15, 0.2) is 5.65 Å². The number of benzene rings is 1. The van der Waals surface area contributed by atoms with Crippen LogP contribution in [-0.2, 0) is 4.79 Å². The summed E-state index contributed by atoms with van der Waals surface area (Å²) in [5, 5.41) is 22.1. The molecule has 1 aliphatic heterocycles. The van der Waals surface area contributed by atoms with Crippen LogP contribution in [0.25, 0.3) is 17.2 Å². The van der Waals surface area contributed by atoms with E-state index < -0.39 is 0 Å². The van der Waals surface area contributed by atoms with E-state index in [0.29, 0.717) is 28.6 Å². The van der Waals surface area contributed by atoms with Crippen LogP contribution in [0.4, 0.5) is 0 Å². The zero-order chi connectivity index (χ0) is 25.2. The van der Waals surface area contributed by atoms with Crippen LogP contribution in [0.2, 0.25) is 0 Å². The van der Waals surface area contributed by atoms with Gasteiger partial charge in [-0.3, -0.25) is 9.78 Å². The quantitative estimate of drug-likeness (QED) is 0.282. The van der Waals surface area contributed by atoms with E-state index in [1.54, 1.807) is 34.2 Å². The number of carbonyl (C=O) groups is 1. The Kier molecular flexibility index (Phi) is 6.37. The third-order valence-electron chi connectivity index (χ3n) is 5.95. The lowest BCUT2D eigenvalue weighted by Gasteiger charge is -2.22. The van der Waals surface area contributed by atoms with Crippen molar-refractivity contribution in [2.24, 2.45) is 5.10 Å². The minimum absolute atomic E-state index is 0.0898. The molecule has 1 amide bonds. The maximum atomic E-state index is 13.5. The number of methoxy groups -OCH3 is 1. The van der Waals surface area contributed by atoms with Crippen molar-refractivity contribution in [3.8, 4) is 17.3 Å². The molecule has 9 nitrogen and oxygen atoms in total. The monoisotopic (exact) mass is 527 g/mol. The maximum Gasteiger partial charge on any atom is 0.253 e. The van der Waals surface area contributed by atoms with Crippen molar-refractivity contribution in [1.82, 2.24) is 29.8 Å². The van der Waals surface area contributed by atoms with E-state index in [4.69, 9.17) is 9.84 Å². The molecule has 0 bridgehead atoms. The Hall–Kier alpha value is -4.09. The van der Waals surface area contributed by atoms with E-state index >= 15 is 0 Å². The number of rotatable bonds is 7. The fourth-order valence-electron chi connectivity index (χ4n) is 4.12. The number of hydrogen-bond donors (Lipinski definition) is 0. The number of nitrogens with zero attached hydrogens (tertiary/aromatic N) is 7. The molecule has 0 saturated heterocycles. The molecule has 0 spiro atoms. The molecule has 0 radical (unpaired) electrons. The fraction of sp³-hybridized carbons (Fsp3) is 0.154. The highest BCUT2D eigenvalue weighted by Gasteiger charge is 2.33. The number of hydrogen-bond acceptors (Lipinski definition) is 9. The summed E-state index contributed by atoms with van der Waals surface area (Å²) in [6.07, 6.45) is 2.36. The van der Waals surface area contributed by atoms with Crippen LogP contribution in [0.15, 0.2) is 88.4 Å². The summed E-state index contributed by atoms with van der Waals surface area (Å²) in [4.78, 5) is 18.9. The number of hydrazone groups is 1. The maximum absolute atomic E-state index is 13.5. The van der Waals surface area contributed by atoms with Crippen LogP contribution in [0.5, 0.6) is 5.75 Å². The highest BCUT2D eigenvalue weighted by molar-refractivity contribution is 7.99. The summed E-state index contributed by atoms with van der Waals surface area (Å²) < 4.78 is 6.95. The first-order valence-corrected chi connectivity index (χ1v) is 13.4. The standard InChI is InChI=1S/C26H21N7O2S2/c1-35-18-9-7-17(8-10-18)21-15-20(22-6-4-14-36-22)30-32(21)25(34)16-37-24-12-11-23-28-29-26(33(23)31-24)19-5-2-3-13-27-19/h2-14,21H,15-16H2,1H3. The first kappa shape index (κ1) is 23.3. The van der Waals surface area contributed by atoms with Crippen LogP contribution in [0.1, 0.15) is 22.9 Å². The summed E-state index contributed by atoms with van der Waals surface area (Å²) >= 11 is 2.98. The van der Waals surface area contributed by atoms with Gasteiger partial charge in [-0.2, -0.15) is 14.7 Å². The van der Waals surface area contributed by atoms with Gasteiger partial charge >= 0.3 is 0 Å². The van der Waals surface area contributed by atoms with Gasteiger partial charge in [0.25, 0.3) is 5.91 Å². The Bertz CT molecular complexity index is 1570. The summed E-state index contributed by atoms with van der Waals surface area (Å²) in [6.45, 7) is 0. The van der Waals surface area contributed by atoms with Crippen molar-refractivity contribution in [1.29, 1.82) is 0 Å². The summed E-state index contributed by atoms with van der Waals surface area (Å²) in [5.41, 5.74) is 3.22. The second-order valence-corrected chi connectivity index (χ2v) is 10.2. The smallest absolute Gasteiger partial charge is 0.253 e. The van der Waals surface area contributed by atoms with Gasteiger partial charge in [-0.1, -0.05) is 36.0 Å². The Morgan fingerprint density at radius 3 is 2.73 bits per heavy atom. The number of aromatic nitrogens is 5. The zero-order valence-electron chi connectivity index (χ0n) is 19.8. The molecule has 4 aromatic heterocycles. The Balaban J connectivity index is 1.24. The molecule has 0 fully saturated rings. The SMILES string of the molecule is COc1ccc(C2CC(c3cccs3)=NN2C(=O)CSc2ccc3nnc(-c4ccccn4)n3n2)cc1. The van der Waals surface area contributed by atoms with E-state index in [0.717, 1.165) is 21.9 Å². The van der Waals surface area contributed by atoms with Gasteiger partial charge in [-0.15, -0.1) is 21.5 Å². The van der Waals surface area contributed by atoms with Gasteiger partial charge in [0.05, 0.1) is 29.5 Å². The van der Waals surface area contributed by atoms with E-state index in [9.17, 15) is 4.79 Å². The molecule has 0 saturated carbocycles. The van der Waals surface area contributed by atoms with Gasteiger partial charge in [0.1, 0.15) is 16.5 Å². The molecule has 0 N–H and O–H groups in total. The normalized spacial score (nSPS) is 15.2. The second-order valence-electron chi connectivity index (χ2n) is 8.22. The van der Waals surface area contributed by atoms with E-state index in [2.05, 4.69) is 20.3 Å². The third-order valence-corrected chi connectivity index (χ3v) is 7.77. The van der Waals surface area contributed by atoms with E-state index in [1.807, 2.05) is 72.1 Å². The second kappa shape index (κ2) is 10.1. The lowest BCUT2D eigenvalue weighted by Crippen LogP contribution is -2.28. The number of thiophene rings is 1. The minimum Gasteiger partial charge on any atom is -0.497 e. The number of pyridine rings is 1. The first-order chi connectivity index (χ1) is 18.2. The Morgan fingerprint density at radius 1 is 1.08 bits per heavy atom. The van der Waals surface area contributed by atoms with E-state index in [1.165, 1.54) is 11.8 Å². The van der Waals surface area contributed by atoms with Gasteiger partial charge in [-0.25, -0.2) is 5.01 Å². The molecule has 0 aliphatic carbocycles. The largest absolute Gasteiger partial charge is 0.497 e. The molecule has 5 heterocycles. The van der Waals surface area contributed by atoms with Crippen LogP contribution in [0, 0.1) is 0 Å². The molecule has 1 atom stereocenters. The number of ether oxygens (including phenoxy) is 1. The Labute approximate surface area is 220 Å². The number of fused-ring (bicyclic) bond motifs is 1. The topological polar surface area (TPSA) is 97.9 Å². The lowest BCUT2D eigenvalue weighted by molar-refractivity contribution is -0.130. The van der Waals surface area contributed by atoms with Crippen molar-refractivity contribution >= 4 is 40.4 Å². The predicted octanol–water partition coefficient (Wildman–Crippen LogP) is 4.73. The zero-order valence-corrected chi connectivity index (χ0v) is 21.4. The van der Waals surface area contributed by atoms with Gasteiger partial charge in [-0.05, 0) is 53.4 Å². The molecule has 1 aromatic carbocycles. The molecule has 5 aromatic rings. The van der Waals surface area contributed by atoms with Crippen LogP contribution in [0.3, 0.4) is 0 Å². The molecule has 1 aliphatic rings. The highest BCUT2D eigenvalue weighted by atomic mass is 32.2. The average Bonchev–Trinajstić information content (AvgIpc) is 3.72. The molecule has 184 valence electrons. The fourth-order valence-corrected chi connectivity index (χ4v) is 5.55. The number of thioether (sulfide) groups is 1. The van der Waals surface area contributed by atoms with Crippen molar-refractivity contribution in [3.63, 3.8) is 0 Å². The number of amides is 1. The van der Waals surface area contributed by atoms with Gasteiger partial charge in [0, 0.05) is 12.6 Å². The van der Waals surface area contributed by atoms with Crippen LogP contribution >= 0.6 is 23.1 Å². The summed E-state index contributed by atoms with van der Waals surface area (Å²) in [6, 6.07) is 20.9. The Morgan fingerprint density at radius 2 is 1.97 bits per heavy atom. The molecule has 11 heteroatoms. The van der Waals surface area contributed by atoms with Gasteiger partial charge < -0.3 is 4.74 Å². The molecule has 6 rings (SSSR count). The molecule has 37 heavy (non-hydrogen) atoms. The molecular formula is C26H21N7O2S2. The minimum atomic E-state index is -0.180. The predicted molar refractivity (Wildman–Crippen MR) is 143 cm³/mol. The highest BCUT2D eigenvalue weighted by Crippen LogP contribution is 2.35. The summed E-state index contributed by atoms with van der Waals surface area (Å²) in [7, 11) is 1.64. The van der Waals surface area contributed by atoms with Crippen molar-refractivity contribution in [3.05, 3.63) is 88.7 Å². The summed E-state index contributed by atoms with van der Waals surface area (Å²) in [5.74, 6) is 1.42. The number of carbonyl (C=O) groups excluding carboxylic acids is 1. The van der Waals surface area contributed by atoms with Crippen molar-refractivity contribution < 1.29 is 9.53 Å². The molecule has 1 unspecified atom stereocenters. The van der Waals surface area contributed by atoms with Gasteiger partial charge in [0.2, 0.25) is 5.82 Å².